The molecule has 4 aromatic rings. The Balaban J connectivity index is 1.33. The molecule has 3 fully saturated rings. The van der Waals surface area contributed by atoms with E-state index in [0.717, 1.165) is 21.2 Å². The molecule has 50 heavy (non-hydrogen) atoms. The summed E-state index contributed by atoms with van der Waals surface area (Å²) in [6.45, 7) is 5.62. The van der Waals surface area contributed by atoms with Gasteiger partial charge in [-0.05, 0) is 98.2 Å². The number of aryl methyl sites for hydroxylation is 3. The zero-order valence-corrected chi connectivity index (χ0v) is 29.5. The third-order valence-corrected chi connectivity index (χ3v) is 11.9. The van der Waals surface area contributed by atoms with Crippen LogP contribution in [0.15, 0.2) is 107 Å². The summed E-state index contributed by atoms with van der Waals surface area (Å²) in [7, 11) is 0. The molecule has 0 aromatic heterocycles. The summed E-state index contributed by atoms with van der Waals surface area (Å²) in [4.78, 5) is 59.9. The van der Waals surface area contributed by atoms with Crippen LogP contribution in [-0.2, 0) is 24.6 Å². The van der Waals surface area contributed by atoms with E-state index in [9.17, 15) is 19.5 Å². The van der Waals surface area contributed by atoms with Gasteiger partial charge in [-0.25, -0.2) is 0 Å². The van der Waals surface area contributed by atoms with Crippen molar-refractivity contribution in [1.29, 1.82) is 0 Å². The highest BCUT2D eigenvalue weighted by Gasteiger charge is 2.70. The number of nitrogens with zero attached hydrogens (tertiary/aromatic N) is 2. The lowest BCUT2D eigenvalue weighted by molar-refractivity contribution is -0.138. The van der Waals surface area contributed by atoms with E-state index < -0.39 is 35.0 Å². The van der Waals surface area contributed by atoms with Crippen LogP contribution in [-0.4, -0.2) is 33.7 Å². The fraction of sp³-hybridized carbons (Fsp3) is 0.268. The van der Waals surface area contributed by atoms with Gasteiger partial charge in [-0.1, -0.05) is 87.7 Å². The molecule has 0 bridgehead atoms. The van der Waals surface area contributed by atoms with Crippen LogP contribution in [0, 0.1) is 44.4 Å². The van der Waals surface area contributed by atoms with Gasteiger partial charge >= 0.3 is 0 Å². The average Bonchev–Trinajstić information content (AvgIpc) is 3.49. The van der Waals surface area contributed by atoms with Gasteiger partial charge in [-0.15, -0.1) is 0 Å². The van der Waals surface area contributed by atoms with E-state index in [-0.39, 0.29) is 35.8 Å². The van der Waals surface area contributed by atoms with Crippen molar-refractivity contribution in [3.05, 3.63) is 135 Å². The minimum atomic E-state index is -1.36. The number of imide groups is 2. The molecule has 9 heteroatoms. The quantitative estimate of drug-likeness (QED) is 0.165. The second-order valence-corrected chi connectivity index (χ2v) is 15.0. The Morgan fingerprint density at radius 2 is 1.46 bits per heavy atom. The van der Waals surface area contributed by atoms with Crippen molar-refractivity contribution in [1.82, 2.24) is 5.01 Å². The molecule has 4 aliphatic rings. The summed E-state index contributed by atoms with van der Waals surface area (Å²) in [6.07, 6.45) is 2.61. The molecule has 8 rings (SSSR count). The Morgan fingerprint density at radius 1 is 0.800 bits per heavy atom. The van der Waals surface area contributed by atoms with Crippen molar-refractivity contribution in [2.75, 3.05) is 10.3 Å². The number of halogens is 1. The van der Waals surface area contributed by atoms with E-state index in [2.05, 4.69) is 27.4 Å². The molecule has 4 amide bonds. The van der Waals surface area contributed by atoms with E-state index in [4.69, 9.17) is 0 Å². The van der Waals surface area contributed by atoms with E-state index in [1.165, 1.54) is 9.91 Å². The SMILES string of the molecule is Cc1ccc(NN2C(=O)C3CC4C(=CCC5C(=O)N(c6ccc(Br)cc6)C(=O)C54)C(c4cc(C)c(O)c(C)c4)C3(c3ccccc3)C2=O)cc1. The van der Waals surface area contributed by atoms with Gasteiger partial charge in [-0.3, -0.25) is 29.5 Å². The number of phenolic OH excluding ortho intramolecular Hbond substituents is 1. The monoisotopic (exact) mass is 729 g/mol. The van der Waals surface area contributed by atoms with Gasteiger partial charge in [0, 0.05) is 10.4 Å². The number of benzene rings is 4. The van der Waals surface area contributed by atoms with Crippen molar-refractivity contribution in [2.24, 2.45) is 23.7 Å². The molecule has 8 nitrogen and oxygen atoms in total. The Kier molecular flexibility index (Phi) is 7.60. The van der Waals surface area contributed by atoms with Gasteiger partial charge in [0.15, 0.2) is 0 Å². The number of fused-ring (bicyclic) bond motifs is 4. The lowest BCUT2D eigenvalue weighted by atomic mass is 9.49. The highest BCUT2D eigenvalue weighted by atomic mass is 79.9. The number of amides is 4. The second kappa shape index (κ2) is 11.8. The summed E-state index contributed by atoms with van der Waals surface area (Å²) in [5, 5.41) is 12.0. The van der Waals surface area contributed by atoms with Crippen LogP contribution in [0.2, 0.25) is 0 Å². The predicted octanol–water partition coefficient (Wildman–Crippen LogP) is 7.27. The van der Waals surface area contributed by atoms with Crippen molar-refractivity contribution < 1.29 is 24.3 Å². The maximum Gasteiger partial charge on any atom is 0.260 e. The maximum atomic E-state index is 15.3. The van der Waals surface area contributed by atoms with E-state index in [0.29, 0.717) is 34.5 Å². The van der Waals surface area contributed by atoms with E-state index in [1.807, 2.05) is 87.5 Å². The van der Waals surface area contributed by atoms with Crippen molar-refractivity contribution in [2.45, 2.75) is 44.9 Å². The minimum absolute atomic E-state index is 0.169. The summed E-state index contributed by atoms with van der Waals surface area (Å²) < 4.78 is 0.835. The summed E-state index contributed by atoms with van der Waals surface area (Å²) in [5.74, 6) is -4.36. The third-order valence-electron chi connectivity index (χ3n) is 11.3. The van der Waals surface area contributed by atoms with Crippen molar-refractivity contribution in [3.8, 4) is 5.75 Å². The first-order chi connectivity index (χ1) is 24.0. The molecule has 1 saturated carbocycles. The van der Waals surface area contributed by atoms with E-state index in [1.54, 1.807) is 24.3 Å². The Morgan fingerprint density at radius 3 is 2.12 bits per heavy atom. The first kappa shape index (κ1) is 32.2. The van der Waals surface area contributed by atoms with Crippen LogP contribution in [0.25, 0.3) is 0 Å². The standard InChI is InChI=1S/C41H36BrN3O5/c1-22-9-13-28(14-10-22)43-45-38(48)33-21-32-30(17-18-31-34(32)39(49)44(37(31)47)29-15-11-27(42)12-16-29)35(25-19-23(2)36(46)24(3)20-25)41(33,40(45)50)26-7-5-4-6-8-26/h4-17,19-20,31-35,43,46H,18,21H2,1-3H3. The van der Waals surface area contributed by atoms with E-state index >= 15 is 4.79 Å². The Hall–Kier alpha value is -5.02. The molecule has 2 aliphatic heterocycles. The molecule has 6 unspecified atom stereocenters. The maximum absolute atomic E-state index is 15.3. The second-order valence-electron chi connectivity index (χ2n) is 14.1. The first-order valence-electron chi connectivity index (χ1n) is 16.9. The molecular formula is C41H36BrN3O5. The summed E-state index contributed by atoms with van der Waals surface area (Å²) in [6, 6.07) is 27.9. The van der Waals surface area contributed by atoms with Crippen LogP contribution in [0.4, 0.5) is 11.4 Å². The number of phenols is 1. The molecule has 4 aromatic carbocycles. The van der Waals surface area contributed by atoms with Gasteiger partial charge in [0.2, 0.25) is 11.8 Å². The molecule has 0 spiro atoms. The number of rotatable bonds is 5. The lowest BCUT2D eigenvalue weighted by Gasteiger charge is -2.50. The minimum Gasteiger partial charge on any atom is -0.507 e. The van der Waals surface area contributed by atoms with Crippen LogP contribution in [0.3, 0.4) is 0 Å². The van der Waals surface area contributed by atoms with Gasteiger partial charge in [0.25, 0.3) is 11.8 Å². The number of anilines is 2. The zero-order valence-electron chi connectivity index (χ0n) is 27.9. The van der Waals surface area contributed by atoms with Crippen LogP contribution >= 0.6 is 15.9 Å². The highest BCUT2D eigenvalue weighted by molar-refractivity contribution is 9.10. The number of carbonyl (C=O) groups excluding carboxylic acids is 4. The number of aromatic hydroxyl groups is 1. The average molecular weight is 731 g/mol. The number of hydrazine groups is 1. The smallest absolute Gasteiger partial charge is 0.260 e. The largest absolute Gasteiger partial charge is 0.507 e. The molecule has 2 saturated heterocycles. The Labute approximate surface area is 298 Å². The van der Waals surface area contributed by atoms with Crippen molar-refractivity contribution >= 4 is 50.9 Å². The molecule has 0 radical (unpaired) electrons. The normalized spacial score (nSPS) is 27.2. The number of hydrogen-bond acceptors (Lipinski definition) is 6. The Bertz CT molecular complexity index is 2090. The molecule has 6 atom stereocenters. The molecule has 2 aliphatic carbocycles. The summed E-state index contributed by atoms with van der Waals surface area (Å²) >= 11 is 3.44. The number of nitrogens with one attached hydrogen (secondary N) is 1. The van der Waals surface area contributed by atoms with Gasteiger partial charge in [0.1, 0.15) is 5.75 Å². The fourth-order valence-corrected chi connectivity index (χ4v) is 9.39. The fourth-order valence-electron chi connectivity index (χ4n) is 9.12. The summed E-state index contributed by atoms with van der Waals surface area (Å²) in [5.41, 5.74) is 7.60. The molecular weight excluding hydrogens is 694 g/mol. The van der Waals surface area contributed by atoms with Crippen molar-refractivity contribution in [3.63, 3.8) is 0 Å². The highest BCUT2D eigenvalue weighted by Crippen LogP contribution is 2.64. The zero-order chi connectivity index (χ0) is 35.1. The third kappa shape index (κ3) is 4.62. The topological polar surface area (TPSA) is 107 Å². The van der Waals surface area contributed by atoms with Gasteiger partial charge in [0.05, 0.1) is 34.5 Å². The molecule has 252 valence electrons. The number of hydrogen-bond donors (Lipinski definition) is 2. The van der Waals surface area contributed by atoms with Crippen LogP contribution in [0.5, 0.6) is 5.75 Å². The van der Waals surface area contributed by atoms with Gasteiger partial charge in [-0.2, -0.15) is 5.01 Å². The molecule has 2 heterocycles. The van der Waals surface area contributed by atoms with Gasteiger partial charge < -0.3 is 5.11 Å². The first-order valence-corrected chi connectivity index (χ1v) is 17.7. The molecule has 2 N–H and O–H groups in total. The number of allylic oxidation sites excluding steroid dienone is 2. The number of carbonyl (C=O) groups is 4. The van der Waals surface area contributed by atoms with Crippen LogP contribution < -0.4 is 10.3 Å². The predicted molar refractivity (Wildman–Crippen MR) is 193 cm³/mol. The van der Waals surface area contributed by atoms with Crippen LogP contribution in [0.1, 0.15) is 46.6 Å². The lowest BCUT2D eigenvalue weighted by Crippen LogP contribution is -2.53.